The van der Waals surface area contributed by atoms with E-state index in [9.17, 15) is 0 Å². The van der Waals surface area contributed by atoms with E-state index < -0.39 is 0 Å². The van der Waals surface area contributed by atoms with Gasteiger partial charge in [-0.2, -0.15) is 0 Å². The second-order valence-corrected chi connectivity index (χ2v) is 6.32. The maximum absolute atomic E-state index is 6.31. The van der Waals surface area contributed by atoms with Gasteiger partial charge >= 0.3 is 0 Å². The number of aryl methyl sites for hydroxylation is 1. The van der Waals surface area contributed by atoms with Crippen LogP contribution in [0.2, 0.25) is 5.02 Å². The van der Waals surface area contributed by atoms with Crippen LogP contribution in [0.5, 0.6) is 0 Å². The summed E-state index contributed by atoms with van der Waals surface area (Å²) < 4.78 is 0. The van der Waals surface area contributed by atoms with E-state index in [0.717, 1.165) is 30.8 Å². The first-order valence-electron chi connectivity index (χ1n) is 7.29. The molecule has 1 unspecified atom stereocenters. The van der Waals surface area contributed by atoms with E-state index in [4.69, 9.17) is 11.6 Å². The van der Waals surface area contributed by atoms with Crippen LogP contribution in [0.15, 0.2) is 35.7 Å². The van der Waals surface area contributed by atoms with Crippen LogP contribution < -0.4 is 5.32 Å². The van der Waals surface area contributed by atoms with Crippen LogP contribution in [0.4, 0.5) is 0 Å². The number of halogens is 1. The van der Waals surface area contributed by atoms with Crippen LogP contribution in [0.1, 0.15) is 42.3 Å². The van der Waals surface area contributed by atoms with Crippen molar-refractivity contribution >= 4 is 22.9 Å². The van der Waals surface area contributed by atoms with Crippen LogP contribution in [0.3, 0.4) is 0 Å². The zero-order chi connectivity index (χ0) is 14.4. The largest absolute Gasteiger partial charge is 0.309 e. The lowest BCUT2D eigenvalue weighted by Gasteiger charge is -2.19. The lowest BCUT2D eigenvalue weighted by molar-refractivity contribution is 0.534. The highest BCUT2D eigenvalue weighted by atomic mass is 35.5. The molecule has 2 rings (SSSR count). The molecule has 1 aromatic carbocycles. The van der Waals surface area contributed by atoms with Crippen LogP contribution in [0.25, 0.3) is 0 Å². The molecule has 3 heteroatoms. The highest BCUT2D eigenvalue weighted by molar-refractivity contribution is 7.10. The van der Waals surface area contributed by atoms with Crippen molar-refractivity contribution in [3.63, 3.8) is 0 Å². The molecular formula is C17H22ClNS. The van der Waals surface area contributed by atoms with Gasteiger partial charge in [0, 0.05) is 15.9 Å². The summed E-state index contributed by atoms with van der Waals surface area (Å²) in [6, 6.07) is 10.8. The quantitative estimate of drug-likeness (QED) is 0.737. The average molecular weight is 308 g/mol. The number of nitrogens with one attached hydrogen (secondary N) is 1. The van der Waals surface area contributed by atoms with E-state index in [0.29, 0.717) is 6.04 Å². The third-order valence-corrected chi connectivity index (χ3v) is 4.94. The topological polar surface area (TPSA) is 12.0 Å². The van der Waals surface area contributed by atoms with Crippen LogP contribution >= 0.6 is 22.9 Å². The first-order valence-corrected chi connectivity index (χ1v) is 8.55. The molecule has 1 atom stereocenters. The highest BCUT2D eigenvalue weighted by Gasteiger charge is 2.17. The molecule has 1 aromatic heterocycles. The van der Waals surface area contributed by atoms with Crippen molar-refractivity contribution in [3.8, 4) is 0 Å². The molecule has 1 N–H and O–H groups in total. The van der Waals surface area contributed by atoms with Crippen molar-refractivity contribution in [2.75, 3.05) is 6.54 Å². The van der Waals surface area contributed by atoms with Gasteiger partial charge in [0.1, 0.15) is 0 Å². The summed E-state index contributed by atoms with van der Waals surface area (Å²) in [5.74, 6) is 0. The normalized spacial score (nSPS) is 12.6. The van der Waals surface area contributed by atoms with Crippen molar-refractivity contribution < 1.29 is 0 Å². The Kier molecular flexibility index (Phi) is 6.08. The first kappa shape index (κ1) is 15.6. The molecule has 0 aliphatic rings. The zero-order valence-corrected chi connectivity index (χ0v) is 13.7. The maximum Gasteiger partial charge on any atom is 0.0458 e. The molecule has 20 heavy (non-hydrogen) atoms. The van der Waals surface area contributed by atoms with Gasteiger partial charge in [0.15, 0.2) is 0 Å². The first-order chi connectivity index (χ1) is 9.76. The minimum Gasteiger partial charge on any atom is -0.309 e. The standard InChI is InChI=1S/C17H22ClNS/c1-3-10-19-16(17-13(4-2)9-11-20-17)12-14-7-5-6-8-15(14)18/h5-9,11,16,19H,3-4,10,12H2,1-2H3. The molecule has 0 saturated carbocycles. The van der Waals surface area contributed by atoms with Crippen molar-refractivity contribution in [2.45, 2.75) is 39.2 Å². The predicted molar refractivity (Wildman–Crippen MR) is 89.9 cm³/mol. The Balaban J connectivity index is 2.22. The van der Waals surface area contributed by atoms with Gasteiger partial charge in [0.25, 0.3) is 0 Å². The van der Waals surface area contributed by atoms with Gasteiger partial charge in [-0.05, 0) is 54.4 Å². The fourth-order valence-corrected chi connectivity index (χ4v) is 3.69. The summed E-state index contributed by atoms with van der Waals surface area (Å²) in [7, 11) is 0. The number of rotatable bonds is 7. The number of hydrogen-bond acceptors (Lipinski definition) is 2. The molecule has 0 radical (unpaired) electrons. The van der Waals surface area contributed by atoms with Gasteiger partial charge in [-0.25, -0.2) is 0 Å². The molecule has 0 saturated heterocycles. The van der Waals surface area contributed by atoms with Gasteiger partial charge in [-0.3, -0.25) is 0 Å². The Morgan fingerprint density at radius 3 is 2.65 bits per heavy atom. The van der Waals surface area contributed by atoms with Gasteiger partial charge in [-0.15, -0.1) is 11.3 Å². The van der Waals surface area contributed by atoms with E-state index >= 15 is 0 Å². The SMILES string of the molecule is CCCNC(Cc1ccccc1Cl)c1sccc1CC. The second kappa shape index (κ2) is 7.82. The lowest BCUT2D eigenvalue weighted by Crippen LogP contribution is -2.24. The van der Waals surface area contributed by atoms with Gasteiger partial charge < -0.3 is 5.32 Å². The van der Waals surface area contributed by atoms with Gasteiger partial charge in [-0.1, -0.05) is 43.6 Å². The fraction of sp³-hybridized carbons (Fsp3) is 0.412. The Hall–Kier alpha value is -0.830. The Bertz CT molecular complexity index is 535. The molecular weight excluding hydrogens is 286 g/mol. The fourth-order valence-electron chi connectivity index (χ4n) is 2.41. The van der Waals surface area contributed by atoms with E-state index in [1.54, 1.807) is 0 Å². The molecule has 0 fully saturated rings. The molecule has 0 spiro atoms. The molecule has 0 amide bonds. The van der Waals surface area contributed by atoms with Crippen LogP contribution in [0, 0.1) is 0 Å². The van der Waals surface area contributed by atoms with Crippen molar-refractivity contribution in [1.82, 2.24) is 5.32 Å². The molecule has 0 bridgehead atoms. The highest BCUT2D eigenvalue weighted by Crippen LogP contribution is 2.29. The maximum atomic E-state index is 6.31. The van der Waals surface area contributed by atoms with E-state index in [2.05, 4.69) is 42.7 Å². The van der Waals surface area contributed by atoms with E-state index in [-0.39, 0.29) is 0 Å². The van der Waals surface area contributed by atoms with Gasteiger partial charge in [0.2, 0.25) is 0 Å². The molecule has 2 aromatic rings. The third kappa shape index (κ3) is 3.85. The minimum atomic E-state index is 0.366. The summed E-state index contributed by atoms with van der Waals surface area (Å²) >= 11 is 8.17. The summed E-state index contributed by atoms with van der Waals surface area (Å²) in [5, 5.41) is 6.74. The molecule has 1 nitrogen and oxygen atoms in total. The van der Waals surface area contributed by atoms with Crippen molar-refractivity contribution in [2.24, 2.45) is 0 Å². The summed E-state index contributed by atoms with van der Waals surface area (Å²) in [5.41, 5.74) is 2.67. The van der Waals surface area contributed by atoms with Crippen LogP contribution in [-0.4, -0.2) is 6.54 Å². The number of hydrogen-bond donors (Lipinski definition) is 1. The third-order valence-electron chi connectivity index (χ3n) is 3.50. The number of benzene rings is 1. The Morgan fingerprint density at radius 2 is 1.95 bits per heavy atom. The molecule has 0 aliphatic carbocycles. The average Bonchev–Trinajstić information content (AvgIpc) is 2.93. The summed E-state index contributed by atoms with van der Waals surface area (Å²) in [6.07, 6.45) is 3.19. The van der Waals surface area contributed by atoms with E-state index in [1.807, 2.05) is 23.5 Å². The number of thiophene rings is 1. The lowest BCUT2D eigenvalue weighted by atomic mass is 10.0. The molecule has 1 heterocycles. The molecule has 0 aliphatic heterocycles. The van der Waals surface area contributed by atoms with Gasteiger partial charge in [0.05, 0.1) is 0 Å². The van der Waals surface area contributed by atoms with Crippen molar-refractivity contribution in [3.05, 3.63) is 56.7 Å². The minimum absolute atomic E-state index is 0.366. The Labute approximate surface area is 131 Å². The summed E-state index contributed by atoms with van der Waals surface area (Å²) in [6.45, 7) is 5.46. The van der Waals surface area contributed by atoms with Crippen molar-refractivity contribution in [1.29, 1.82) is 0 Å². The Morgan fingerprint density at radius 1 is 1.15 bits per heavy atom. The molecule has 108 valence electrons. The smallest absolute Gasteiger partial charge is 0.0458 e. The monoisotopic (exact) mass is 307 g/mol. The van der Waals surface area contributed by atoms with E-state index in [1.165, 1.54) is 16.0 Å². The summed E-state index contributed by atoms with van der Waals surface area (Å²) in [4.78, 5) is 1.46. The second-order valence-electron chi connectivity index (χ2n) is 4.97. The predicted octanol–water partition coefficient (Wildman–Crippen LogP) is 5.25. The zero-order valence-electron chi connectivity index (χ0n) is 12.2. The van der Waals surface area contributed by atoms with Crippen LogP contribution in [-0.2, 0) is 12.8 Å².